The topological polar surface area (TPSA) is 80.3 Å². The Labute approximate surface area is 85.7 Å². The fourth-order valence-corrected chi connectivity index (χ4v) is 0. The SMILES string of the molecule is O=C=O.[Ca+2].[O-]Cl.[O-]Cl. The predicted octanol–water partition coefficient (Wildman–Crippen LogP) is -1.96. The summed E-state index contributed by atoms with van der Waals surface area (Å²) in [7, 11) is 0. The minimum atomic E-state index is 0. The molecule has 7 heteroatoms. The van der Waals surface area contributed by atoms with Gasteiger partial charge >= 0.3 is 43.9 Å². The van der Waals surface area contributed by atoms with Gasteiger partial charge in [-0.3, -0.25) is 0 Å². The van der Waals surface area contributed by atoms with Crippen LogP contribution in [-0.2, 0) is 9.59 Å². The fraction of sp³-hybridized carbons (Fsp3) is 0. The summed E-state index contributed by atoms with van der Waals surface area (Å²) in [5, 5.41) is 0. The third-order valence-corrected chi connectivity index (χ3v) is 0. The predicted molar refractivity (Wildman–Crippen MR) is 22.5 cm³/mol. The normalized spacial score (nSPS) is 2.50. The average molecular weight is 187 g/mol. The van der Waals surface area contributed by atoms with Crippen LogP contribution in [0.3, 0.4) is 0 Å². The molecule has 0 fully saturated rings. The van der Waals surface area contributed by atoms with Crippen LogP contribution in [-0.4, -0.2) is 43.9 Å². The summed E-state index contributed by atoms with van der Waals surface area (Å²) < 4.78 is 15.4. The Morgan fingerprint density at radius 1 is 1.00 bits per heavy atom. The maximum absolute atomic E-state index is 8.12. The Balaban J connectivity index is -0.0000000147. The molecule has 0 rings (SSSR count). The minimum Gasteiger partial charge on any atom is -0.769 e. The van der Waals surface area contributed by atoms with E-state index in [0.29, 0.717) is 0 Å². The van der Waals surface area contributed by atoms with Gasteiger partial charge in [0, 0.05) is 0 Å². The van der Waals surface area contributed by atoms with Gasteiger partial charge in [-0.1, -0.05) is 0 Å². The van der Waals surface area contributed by atoms with Gasteiger partial charge in [0.25, 0.3) is 0 Å². The molecule has 44 valence electrons. The summed E-state index contributed by atoms with van der Waals surface area (Å²) in [4.78, 5) is 16.2. The minimum absolute atomic E-state index is 0. The van der Waals surface area contributed by atoms with Crippen molar-refractivity contribution in [3.05, 3.63) is 0 Å². The van der Waals surface area contributed by atoms with Crippen LogP contribution in [0.15, 0.2) is 0 Å². The summed E-state index contributed by atoms with van der Waals surface area (Å²) >= 11 is 6.78. The van der Waals surface area contributed by atoms with Crippen molar-refractivity contribution < 1.29 is 18.9 Å². The van der Waals surface area contributed by atoms with Crippen LogP contribution in [0.2, 0.25) is 0 Å². The van der Waals surface area contributed by atoms with Gasteiger partial charge in [-0.05, 0) is 0 Å². The molecule has 8 heavy (non-hydrogen) atoms. The summed E-state index contributed by atoms with van der Waals surface area (Å²) in [6.07, 6.45) is 0.250. The Hall–Kier alpha value is 1.14. The second-order valence-corrected chi connectivity index (χ2v) is 0.0833. The van der Waals surface area contributed by atoms with E-state index in [1.807, 2.05) is 0 Å². The molecule has 0 saturated carbocycles. The van der Waals surface area contributed by atoms with Gasteiger partial charge in [0.1, 0.15) is 0 Å². The molecule has 0 atom stereocenters. The zero-order valence-electron chi connectivity index (χ0n) is 3.60. The molecule has 0 aromatic rings. The van der Waals surface area contributed by atoms with Gasteiger partial charge in [0.2, 0.25) is 0 Å². The largest absolute Gasteiger partial charge is 2.00 e. The molecule has 0 bridgehead atoms. The van der Waals surface area contributed by atoms with Crippen LogP contribution in [0.5, 0.6) is 0 Å². The second-order valence-electron chi connectivity index (χ2n) is 0.0833. The van der Waals surface area contributed by atoms with Gasteiger partial charge in [0.15, 0.2) is 0 Å². The third-order valence-electron chi connectivity index (χ3n) is 0. The molecule has 0 aliphatic carbocycles. The van der Waals surface area contributed by atoms with E-state index in [4.69, 9.17) is 18.9 Å². The average Bonchev–Trinajstić information content (AvgIpc) is 1.78. The molecule has 0 radical (unpaired) electrons. The van der Waals surface area contributed by atoms with E-state index in [1.54, 1.807) is 0 Å². The summed E-state index contributed by atoms with van der Waals surface area (Å²) in [6.45, 7) is 0. The second kappa shape index (κ2) is 90.6. The number of hydrogen-bond acceptors (Lipinski definition) is 4. The number of halogens is 2. The first kappa shape index (κ1) is 22.9. The first-order valence-electron chi connectivity index (χ1n) is 0.717. The Morgan fingerprint density at radius 2 is 1.00 bits per heavy atom. The van der Waals surface area contributed by atoms with Crippen molar-refractivity contribution >= 4 is 67.6 Å². The molecule has 0 saturated heterocycles. The number of rotatable bonds is 0. The van der Waals surface area contributed by atoms with Gasteiger partial charge in [0.05, 0.1) is 0 Å². The molecule has 0 spiro atoms. The van der Waals surface area contributed by atoms with Crippen LogP contribution < -0.4 is 9.32 Å². The molecular formula is CCaCl2O4. The maximum atomic E-state index is 8.12. The zero-order chi connectivity index (χ0) is 6.71. The Kier molecular flexibility index (Phi) is 260. The molecular weight excluding hydrogens is 187 g/mol. The van der Waals surface area contributed by atoms with Crippen molar-refractivity contribution in [3.8, 4) is 0 Å². The van der Waals surface area contributed by atoms with Crippen LogP contribution in [0.4, 0.5) is 0 Å². The molecule has 4 nitrogen and oxygen atoms in total. The van der Waals surface area contributed by atoms with Gasteiger partial charge in [-0.25, -0.2) is 23.7 Å². The standard InChI is InChI=1S/CO2.Ca.2ClO/c2-1-3;;2*1-2/q;+2;2*-1. The van der Waals surface area contributed by atoms with Crippen LogP contribution >= 0.6 is 23.7 Å². The first-order valence-corrected chi connectivity index (χ1v) is 1.33. The molecule has 0 aliphatic heterocycles. The molecule has 0 unspecified atom stereocenters. The monoisotopic (exact) mass is 186 g/mol. The van der Waals surface area contributed by atoms with Crippen LogP contribution in [0.1, 0.15) is 0 Å². The van der Waals surface area contributed by atoms with Crippen molar-refractivity contribution in [3.63, 3.8) is 0 Å². The number of hydrogen-bond donors (Lipinski definition) is 0. The van der Waals surface area contributed by atoms with E-state index in [2.05, 4.69) is 23.7 Å². The smallest absolute Gasteiger partial charge is 0.769 e. The van der Waals surface area contributed by atoms with Gasteiger partial charge in [-0.2, -0.15) is 9.59 Å². The third kappa shape index (κ3) is 207. The van der Waals surface area contributed by atoms with E-state index >= 15 is 0 Å². The van der Waals surface area contributed by atoms with E-state index in [1.165, 1.54) is 0 Å². The van der Waals surface area contributed by atoms with Crippen molar-refractivity contribution in [2.24, 2.45) is 0 Å². The molecule has 0 amide bonds. The van der Waals surface area contributed by atoms with Crippen molar-refractivity contribution in [1.29, 1.82) is 0 Å². The van der Waals surface area contributed by atoms with Crippen molar-refractivity contribution in [1.82, 2.24) is 0 Å². The zero-order valence-corrected chi connectivity index (χ0v) is 7.32. The van der Waals surface area contributed by atoms with E-state index in [-0.39, 0.29) is 43.9 Å². The fourth-order valence-electron chi connectivity index (χ4n) is 0. The van der Waals surface area contributed by atoms with Crippen molar-refractivity contribution in [2.75, 3.05) is 0 Å². The van der Waals surface area contributed by atoms with E-state index in [0.717, 1.165) is 0 Å². The Bertz CT molecular complexity index is 35.0. The number of carbonyl (C=O) groups excluding carboxylic acids is 2. The van der Waals surface area contributed by atoms with E-state index in [9.17, 15) is 0 Å². The summed E-state index contributed by atoms with van der Waals surface area (Å²) in [5.41, 5.74) is 0. The molecule has 0 aromatic heterocycles. The molecule has 0 aromatic carbocycles. The van der Waals surface area contributed by atoms with Gasteiger partial charge in [-0.15, -0.1) is 0 Å². The summed E-state index contributed by atoms with van der Waals surface area (Å²) in [5.74, 6) is 0. The van der Waals surface area contributed by atoms with Crippen LogP contribution in [0.25, 0.3) is 0 Å². The first-order chi connectivity index (χ1) is 3.41. The van der Waals surface area contributed by atoms with E-state index < -0.39 is 0 Å². The Morgan fingerprint density at radius 3 is 1.00 bits per heavy atom. The van der Waals surface area contributed by atoms with Crippen LogP contribution in [0, 0.1) is 0 Å². The molecule has 0 N–H and O–H groups in total. The maximum Gasteiger partial charge on any atom is 2.00 e. The van der Waals surface area contributed by atoms with Gasteiger partial charge < -0.3 is 9.32 Å². The molecule has 0 heterocycles. The quantitative estimate of drug-likeness (QED) is 0.412. The van der Waals surface area contributed by atoms with Crippen molar-refractivity contribution in [2.45, 2.75) is 0 Å². The summed E-state index contributed by atoms with van der Waals surface area (Å²) in [6, 6.07) is 0. The molecule has 0 aliphatic rings.